The topological polar surface area (TPSA) is 52.7 Å². The van der Waals surface area contributed by atoms with E-state index in [4.69, 9.17) is 11.6 Å². The molecule has 1 aliphatic rings. The molecule has 1 heterocycles. The van der Waals surface area contributed by atoms with Gasteiger partial charge in [-0.25, -0.2) is 0 Å². The predicted octanol–water partition coefficient (Wildman–Crippen LogP) is 3.69. The van der Waals surface area contributed by atoms with E-state index in [0.717, 1.165) is 43.1 Å². The zero-order valence-corrected chi connectivity index (χ0v) is 16.4. The minimum absolute atomic E-state index is 0.0171. The van der Waals surface area contributed by atoms with Crippen molar-refractivity contribution in [2.45, 2.75) is 19.9 Å². The summed E-state index contributed by atoms with van der Waals surface area (Å²) in [5, 5.41) is 3.59. The summed E-state index contributed by atoms with van der Waals surface area (Å²) in [6, 6.07) is 14.6. The number of nitrogens with one attached hydrogen (secondary N) is 1. The van der Waals surface area contributed by atoms with Crippen LogP contribution >= 0.6 is 11.6 Å². The largest absolute Gasteiger partial charge is 0.369 e. The number of nitrogens with zero attached hydrogens (tertiary/aromatic N) is 2. The molecule has 0 spiro atoms. The molecule has 1 N–H and O–H groups in total. The summed E-state index contributed by atoms with van der Waals surface area (Å²) in [5.74, 6) is 0.0588. The number of carbonyl (C=O) groups excluding carboxylic acids is 2. The zero-order chi connectivity index (χ0) is 19.4. The van der Waals surface area contributed by atoms with Crippen molar-refractivity contribution < 1.29 is 9.59 Å². The summed E-state index contributed by atoms with van der Waals surface area (Å²) in [6.45, 7) is 6.82. The smallest absolute Gasteiger partial charge is 0.241 e. The van der Waals surface area contributed by atoms with Crippen LogP contribution in [0.2, 0.25) is 5.02 Å². The van der Waals surface area contributed by atoms with Crippen molar-refractivity contribution in [1.82, 2.24) is 4.90 Å². The lowest BCUT2D eigenvalue weighted by molar-refractivity contribution is -0.120. The van der Waals surface area contributed by atoms with Gasteiger partial charge in [-0.3, -0.25) is 14.5 Å². The first-order valence-electron chi connectivity index (χ1n) is 9.10. The number of carbonyl (C=O) groups is 2. The molecule has 3 rings (SSSR count). The number of halogens is 1. The normalized spacial score (nSPS) is 16.0. The fourth-order valence-corrected chi connectivity index (χ4v) is 3.35. The van der Waals surface area contributed by atoms with Gasteiger partial charge >= 0.3 is 0 Å². The third-order valence-electron chi connectivity index (χ3n) is 4.99. The van der Waals surface area contributed by atoms with Crippen LogP contribution in [0.3, 0.4) is 0 Å². The molecule has 0 radical (unpaired) electrons. The average molecular weight is 386 g/mol. The van der Waals surface area contributed by atoms with E-state index in [0.29, 0.717) is 5.02 Å². The van der Waals surface area contributed by atoms with Crippen LogP contribution in [0, 0.1) is 0 Å². The van der Waals surface area contributed by atoms with E-state index in [1.54, 1.807) is 31.2 Å². The quantitative estimate of drug-likeness (QED) is 0.797. The number of hydrogen-bond donors (Lipinski definition) is 1. The van der Waals surface area contributed by atoms with Crippen LogP contribution in [0.15, 0.2) is 48.5 Å². The summed E-state index contributed by atoms with van der Waals surface area (Å²) >= 11 is 5.88. The van der Waals surface area contributed by atoms with Crippen LogP contribution in [0.4, 0.5) is 11.4 Å². The van der Waals surface area contributed by atoms with Crippen molar-refractivity contribution in [1.29, 1.82) is 0 Å². The standard InChI is InChI=1S/C21H24ClN3O2/c1-15(21(27)23-19-7-5-18(22)6-8-19)24-11-13-25(14-12-24)20-9-3-17(4-10-20)16(2)26/h3-10,15H,11-14H2,1-2H3,(H,23,27)/t15-/m1/s1. The van der Waals surface area contributed by atoms with Gasteiger partial charge < -0.3 is 10.2 Å². The summed E-state index contributed by atoms with van der Waals surface area (Å²) in [6.07, 6.45) is 0. The number of ketones is 1. The highest BCUT2D eigenvalue weighted by Gasteiger charge is 2.25. The molecule has 1 saturated heterocycles. The van der Waals surface area contributed by atoms with E-state index in [-0.39, 0.29) is 17.7 Å². The molecule has 1 atom stereocenters. The maximum absolute atomic E-state index is 12.5. The van der Waals surface area contributed by atoms with E-state index in [1.807, 2.05) is 31.2 Å². The van der Waals surface area contributed by atoms with Gasteiger partial charge in [0.25, 0.3) is 0 Å². The first-order chi connectivity index (χ1) is 12.9. The monoisotopic (exact) mass is 385 g/mol. The molecule has 142 valence electrons. The van der Waals surface area contributed by atoms with Gasteiger partial charge in [-0.15, -0.1) is 0 Å². The molecule has 2 aromatic rings. The molecule has 0 aliphatic carbocycles. The Morgan fingerprint density at radius 3 is 2.11 bits per heavy atom. The molecule has 0 aromatic heterocycles. The van der Waals surface area contributed by atoms with Crippen molar-refractivity contribution >= 4 is 34.7 Å². The average Bonchev–Trinajstić information content (AvgIpc) is 2.69. The Kier molecular flexibility index (Phi) is 6.14. The number of benzene rings is 2. The molecule has 1 fully saturated rings. The minimum atomic E-state index is -0.206. The predicted molar refractivity (Wildman–Crippen MR) is 110 cm³/mol. The fraction of sp³-hybridized carbons (Fsp3) is 0.333. The first kappa shape index (κ1) is 19.4. The molecule has 1 amide bonds. The maximum Gasteiger partial charge on any atom is 0.241 e. The van der Waals surface area contributed by atoms with E-state index >= 15 is 0 Å². The second-order valence-corrected chi connectivity index (χ2v) is 7.23. The molecule has 6 heteroatoms. The van der Waals surface area contributed by atoms with Crippen molar-refractivity contribution in [3.8, 4) is 0 Å². The van der Waals surface area contributed by atoms with Crippen LogP contribution in [-0.2, 0) is 4.79 Å². The summed E-state index contributed by atoms with van der Waals surface area (Å²) in [5.41, 5.74) is 2.59. The van der Waals surface area contributed by atoms with E-state index in [1.165, 1.54) is 0 Å². The summed E-state index contributed by atoms with van der Waals surface area (Å²) in [4.78, 5) is 28.4. The second-order valence-electron chi connectivity index (χ2n) is 6.80. The van der Waals surface area contributed by atoms with Crippen LogP contribution in [0.25, 0.3) is 0 Å². The Bertz CT molecular complexity index is 797. The molecular formula is C21H24ClN3O2. The Morgan fingerprint density at radius 1 is 0.963 bits per heavy atom. The molecule has 2 aromatic carbocycles. The molecule has 0 saturated carbocycles. The summed E-state index contributed by atoms with van der Waals surface area (Å²) in [7, 11) is 0. The molecule has 1 aliphatic heterocycles. The van der Waals surface area contributed by atoms with Crippen molar-refractivity contribution in [2.75, 3.05) is 36.4 Å². The lowest BCUT2D eigenvalue weighted by atomic mass is 10.1. The van der Waals surface area contributed by atoms with Gasteiger partial charge in [0.1, 0.15) is 0 Å². The van der Waals surface area contributed by atoms with Gasteiger partial charge in [0.2, 0.25) is 5.91 Å². The third-order valence-corrected chi connectivity index (χ3v) is 5.24. The Hall–Kier alpha value is -2.37. The van der Waals surface area contributed by atoms with Crippen LogP contribution in [0.5, 0.6) is 0 Å². The van der Waals surface area contributed by atoms with Crippen LogP contribution in [-0.4, -0.2) is 48.8 Å². The Balaban J connectivity index is 1.53. The van der Waals surface area contributed by atoms with E-state index < -0.39 is 0 Å². The highest BCUT2D eigenvalue weighted by atomic mass is 35.5. The molecule has 0 bridgehead atoms. The van der Waals surface area contributed by atoms with Crippen LogP contribution in [0.1, 0.15) is 24.2 Å². The first-order valence-corrected chi connectivity index (χ1v) is 9.48. The van der Waals surface area contributed by atoms with Crippen LogP contribution < -0.4 is 10.2 Å². The number of piperazine rings is 1. The molecule has 27 heavy (non-hydrogen) atoms. The Morgan fingerprint density at radius 2 is 1.56 bits per heavy atom. The number of amides is 1. The zero-order valence-electron chi connectivity index (χ0n) is 15.6. The van der Waals surface area contributed by atoms with Gasteiger partial charge in [-0.2, -0.15) is 0 Å². The van der Waals surface area contributed by atoms with Crippen molar-refractivity contribution in [2.24, 2.45) is 0 Å². The Labute approximate surface area is 164 Å². The van der Waals surface area contributed by atoms with Gasteiger partial charge in [0.15, 0.2) is 5.78 Å². The van der Waals surface area contributed by atoms with Gasteiger partial charge in [-0.05, 0) is 62.4 Å². The highest BCUT2D eigenvalue weighted by molar-refractivity contribution is 6.30. The van der Waals surface area contributed by atoms with Crippen molar-refractivity contribution in [3.63, 3.8) is 0 Å². The van der Waals surface area contributed by atoms with Gasteiger partial charge in [-0.1, -0.05) is 11.6 Å². The minimum Gasteiger partial charge on any atom is -0.369 e. The summed E-state index contributed by atoms with van der Waals surface area (Å²) < 4.78 is 0. The van der Waals surface area contributed by atoms with E-state index in [9.17, 15) is 9.59 Å². The second kappa shape index (κ2) is 8.55. The lowest BCUT2D eigenvalue weighted by Gasteiger charge is -2.38. The van der Waals surface area contributed by atoms with Crippen molar-refractivity contribution in [3.05, 3.63) is 59.1 Å². The number of anilines is 2. The molecular weight excluding hydrogens is 362 g/mol. The third kappa shape index (κ3) is 4.87. The molecule has 5 nitrogen and oxygen atoms in total. The SMILES string of the molecule is CC(=O)c1ccc(N2CCN([C@H](C)C(=O)Nc3ccc(Cl)cc3)CC2)cc1. The lowest BCUT2D eigenvalue weighted by Crippen LogP contribution is -2.52. The fourth-order valence-electron chi connectivity index (χ4n) is 3.22. The van der Waals surface area contributed by atoms with E-state index in [2.05, 4.69) is 15.1 Å². The number of hydrogen-bond acceptors (Lipinski definition) is 4. The molecule has 0 unspecified atom stereocenters. The number of Topliss-reactive ketones (excluding diaryl/α,β-unsaturated/α-hetero) is 1. The van der Waals surface area contributed by atoms with Gasteiger partial charge in [0, 0.05) is 48.1 Å². The maximum atomic E-state index is 12.5. The highest BCUT2D eigenvalue weighted by Crippen LogP contribution is 2.19. The number of rotatable bonds is 5. The van der Waals surface area contributed by atoms with Gasteiger partial charge in [0.05, 0.1) is 6.04 Å².